The number of esters is 1. The zero-order chi connectivity index (χ0) is 11.5. The zero-order valence-corrected chi connectivity index (χ0v) is 9.83. The van der Waals surface area contributed by atoms with Gasteiger partial charge in [-0.3, -0.25) is 4.79 Å². The molecule has 0 aromatic heterocycles. The number of hydrogen-bond donors (Lipinski definition) is 0. The van der Waals surface area contributed by atoms with Crippen molar-refractivity contribution >= 4 is 5.97 Å². The minimum atomic E-state index is -0.241. The fraction of sp³-hybridized carbons (Fsp3) is 0.462. The normalized spacial score (nSPS) is 11.2. The van der Waals surface area contributed by atoms with E-state index in [0.29, 0.717) is 6.61 Å². The van der Waals surface area contributed by atoms with Crippen LogP contribution in [0.3, 0.4) is 0 Å². The fourth-order valence-corrected chi connectivity index (χ4v) is 1.29. The first kappa shape index (κ1) is 11.8. The molecule has 1 aromatic carbocycles. The van der Waals surface area contributed by atoms with Gasteiger partial charge in [-0.1, -0.05) is 45.0 Å². The summed E-state index contributed by atoms with van der Waals surface area (Å²) in [6.07, 6.45) is 0. The number of hydrogen-bond acceptors (Lipinski definition) is 2. The van der Waals surface area contributed by atoms with E-state index in [1.807, 2.05) is 12.1 Å². The van der Waals surface area contributed by atoms with Crippen LogP contribution >= 0.6 is 0 Å². The van der Waals surface area contributed by atoms with Gasteiger partial charge in [0.15, 0.2) is 0 Å². The van der Waals surface area contributed by atoms with E-state index in [-0.39, 0.29) is 11.4 Å². The second kappa shape index (κ2) is 4.47. The molecule has 0 amide bonds. The minimum Gasteiger partial charge on any atom is -0.461 e. The third kappa shape index (κ3) is 3.74. The van der Waals surface area contributed by atoms with Crippen LogP contribution in [0.25, 0.3) is 0 Å². The Kier molecular flexibility index (Phi) is 3.51. The Hall–Kier alpha value is -1.31. The Morgan fingerprint density at radius 1 is 1.20 bits per heavy atom. The Morgan fingerprint density at radius 2 is 1.73 bits per heavy atom. The van der Waals surface area contributed by atoms with Gasteiger partial charge in [0.2, 0.25) is 0 Å². The van der Waals surface area contributed by atoms with E-state index < -0.39 is 0 Å². The molecule has 0 heterocycles. The molecule has 0 aliphatic rings. The molecule has 0 saturated carbocycles. The van der Waals surface area contributed by atoms with Crippen molar-refractivity contribution in [3.8, 4) is 0 Å². The summed E-state index contributed by atoms with van der Waals surface area (Å²) in [5, 5.41) is 0. The van der Waals surface area contributed by atoms with Gasteiger partial charge in [0.25, 0.3) is 0 Å². The predicted octanol–water partition coefficient (Wildman–Crippen LogP) is 3.05. The number of benzene rings is 1. The van der Waals surface area contributed by atoms with Crippen LogP contribution in [-0.2, 0) is 21.6 Å². The summed E-state index contributed by atoms with van der Waals surface area (Å²) in [7, 11) is 0. The first-order valence-corrected chi connectivity index (χ1v) is 5.12. The second-order valence-corrected chi connectivity index (χ2v) is 4.73. The number of ether oxygens (including phenoxy) is 1. The highest BCUT2D eigenvalue weighted by molar-refractivity contribution is 5.65. The van der Waals surface area contributed by atoms with Gasteiger partial charge in [-0.2, -0.15) is 0 Å². The Bertz CT molecular complexity index is 331. The quantitative estimate of drug-likeness (QED) is 0.695. The van der Waals surface area contributed by atoms with Gasteiger partial charge in [0.05, 0.1) is 0 Å². The van der Waals surface area contributed by atoms with Gasteiger partial charge >= 0.3 is 5.97 Å². The molecule has 0 fully saturated rings. The number of rotatable bonds is 2. The van der Waals surface area contributed by atoms with Crippen molar-refractivity contribution in [2.75, 3.05) is 0 Å². The van der Waals surface area contributed by atoms with Crippen LogP contribution in [0, 0.1) is 0 Å². The smallest absolute Gasteiger partial charge is 0.302 e. The van der Waals surface area contributed by atoms with Crippen molar-refractivity contribution in [3.05, 3.63) is 35.4 Å². The Balaban J connectivity index is 2.69. The van der Waals surface area contributed by atoms with E-state index in [0.717, 1.165) is 5.56 Å². The topological polar surface area (TPSA) is 26.3 Å². The summed E-state index contributed by atoms with van der Waals surface area (Å²) < 4.78 is 4.91. The van der Waals surface area contributed by atoms with Crippen LogP contribution in [0.4, 0.5) is 0 Å². The van der Waals surface area contributed by atoms with Gasteiger partial charge in [0, 0.05) is 6.92 Å². The molecule has 15 heavy (non-hydrogen) atoms. The van der Waals surface area contributed by atoms with E-state index in [1.165, 1.54) is 12.5 Å². The molecule has 0 N–H and O–H groups in total. The van der Waals surface area contributed by atoms with Crippen LogP contribution in [0.1, 0.15) is 38.8 Å². The largest absolute Gasteiger partial charge is 0.461 e. The average Bonchev–Trinajstić information content (AvgIpc) is 2.14. The van der Waals surface area contributed by atoms with E-state index in [9.17, 15) is 4.79 Å². The third-order valence-corrected chi connectivity index (χ3v) is 2.26. The lowest BCUT2D eigenvalue weighted by atomic mass is 9.87. The van der Waals surface area contributed by atoms with Crippen molar-refractivity contribution in [3.63, 3.8) is 0 Å². The molecule has 0 unspecified atom stereocenters. The molecular weight excluding hydrogens is 188 g/mol. The van der Waals surface area contributed by atoms with Crippen LogP contribution in [0.5, 0.6) is 0 Å². The van der Waals surface area contributed by atoms with Crippen LogP contribution in [-0.4, -0.2) is 5.97 Å². The Morgan fingerprint density at radius 3 is 2.13 bits per heavy atom. The monoisotopic (exact) mass is 206 g/mol. The highest BCUT2D eigenvalue weighted by Crippen LogP contribution is 2.22. The van der Waals surface area contributed by atoms with Gasteiger partial charge < -0.3 is 4.74 Å². The summed E-state index contributed by atoms with van der Waals surface area (Å²) in [6.45, 7) is 8.31. The molecule has 82 valence electrons. The highest BCUT2D eigenvalue weighted by Gasteiger charge is 2.12. The molecule has 1 rings (SSSR count). The molecule has 0 saturated heterocycles. The molecule has 0 radical (unpaired) electrons. The highest BCUT2D eigenvalue weighted by atomic mass is 16.5. The summed E-state index contributed by atoms with van der Waals surface area (Å²) in [5.41, 5.74) is 2.48. The second-order valence-electron chi connectivity index (χ2n) is 4.73. The molecule has 0 atom stereocenters. The maximum Gasteiger partial charge on any atom is 0.302 e. The molecule has 0 spiro atoms. The van der Waals surface area contributed by atoms with Crippen LogP contribution < -0.4 is 0 Å². The third-order valence-electron chi connectivity index (χ3n) is 2.26. The lowest BCUT2D eigenvalue weighted by molar-refractivity contribution is -0.142. The summed E-state index contributed by atoms with van der Waals surface area (Å²) in [4.78, 5) is 10.6. The minimum absolute atomic E-state index is 0.167. The summed E-state index contributed by atoms with van der Waals surface area (Å²) in [5.74, 6) is -0.241. The van der Waals surface area contributed by atoms with Gasteiger partial charge in [-0.15, -0.1) is 0 Å². The van der Waals surface area contributed by atoms with Crippen LogP contribution in [0.15, 0.2) is 24.3 Å². The maximum absolute atomic E-state index is 10.6. The van der Waals surface area contributed by atoms with Crippen molar-refractivity contribution < 1.29 is 9.53 Å². The molecule has 2 heteroatoms. The summed E-state index contributed by atoms with van der Waals surface area (Å²) in [6, 6.07) is 8.17. The van der Waals surface area contributed by atoms with E-state index in [1.54, 1.807) is 0 Å². The fourth-order valence-electron chi connectivity index (χ4n) is 1.29. The predicted molar refractivity (Wildman–Crippen MR) is 60.6 cm³/mol. The number of carbonyl (C=O) groups excluding carboxylic acids is 1. The van der Waals surface area contributed by atoms with E-state index in [4.69, 9.17) is 4.74 Å². The van der Waals surface area contributed by atoms with E-state index in [2.05, 4.69) is 32.9 Å². The van der Waals surface area contributed by atoms with Crippen molar-refractivity contribution in [2.45, 2.75) is 39.7 Å². The first-order valence-electron chi connectivity index (χ1n) is 5.12. The lowest BCUT2D eigenvalue weighted by Gasteiger charge is -2.19. The van der Waals surface area contributed by atoms with Crippen molar-refractivity contribution in [1.82, 2.24) is 0 Å². The molecule has 0 aliphatic carbocycles. The summed E-state index contributed by atoms with van der Waals surface area (Å²) >= 11 is 0. The maximum atomic E-state index is 10.6. The van der Waals surface area contributed by atoms with Crippen LogP contribution in [0.2, 0.25) is 0 Å². The van der Waals surface area contributed by atoms with Gasteiger partial charge in [-0.05, 0) is 16.5 Å². The van der Waals surface area contributed by atoms with Gasteiger partial charge in [0.1, 0.15) is 6.61 Å². The molecular formula is C13H18O2. The van der Waals surface area contributed by atoms with Gasteiger partial charge in [-0.25, -0.2) is 0 Å². The molecule has 1 aromatic rings. The molecule has 2 nitrogen and oxygen atoms in total. The van der Waals surface area contributed by atoms with Crippen molar-refractivity contribution in [1.29, 1.82) is 0 Å². The number of carbonyl (C=O) groups is 1. The van der Waals surface area contributed by atoms with Crippen molar-refractivity contribution in [2.24, 2.45) is 0 Å². The average molecular weight is 206 g/mol. The zero-order valence-electron chi connectivity index (χ0n) is 9.83. The SMILES string of the molecule is CC(=O)OCc1ccc(C(C)(C)C)cc1. The van der Waals surface area contributed by atoms with E-state index >= 15 is 0 Å². The lowest BCUT2D eigenvalue weighted by Crippen LogP contribution is -2.10. The molecule has 0 bridgehead atoms. The molecule has 0 aliphatic heterocycles. The Labute approximate surface area is 91.3 Å². The first-order chi connectivity index (χ1) is 6.89. The standard InChI is InChI=1S/C13H18O2/c1-10(14)15-9-11-5-7-12(8-6-11)13(2,3)4/h5-8H,9H2,1-4H3.